The van der Waals surface area contributed by atoms with Gasteiger partial charge >= 0.3 is 0 Å². The van der Waals surface area contributed by atoms with Gasteiger partial charge in [0.25, 0.3) is 10.0 Å². The van der Waals surface area contributed by atoms with Gasteiger partial charge in [-0.05, 0) is 43.5 Å². The van der Waals surface area contributed by atoms with Gasteiger partial charge in [0.05, 0.1) is 16.5 Å². The molecule has 118 valence electrons. The van der Waals surface area contributed by atoms with Gasteiger partial charge in [-0.1, -0.05) is 13.0 Å². The third kappa shape index (κ3) is 3.48. The second-order valence-electron chi connectivity index (χ2n) is 5.48. The third-order valence-electron chi connectivity index (χ3n) is 3.66. The van der Waals surface area contributed by atoms with Gasteiger partial charge in [0.15, 0.2) is 0 Å². The summed E-state index contributed by atoms with van der Waals surface area (Å²) in [5.41, 5.74) is 1.99. The molecule has 0 unspecified atom stereocenters. The Labute approximate surface area is 135 Å². The number of hydrogen-bond acceptors (Lipinski definition) is 5. The number of benzene rings is 1. The number of aromatic nitrogens is 2. The highest BCUT2D eigenvalue weighted by Gasteiger charge is 2.26. The number of nitrogens with one attached hydrogen (secondary N) is 1. The van der Waals surface area contributed by atoms with Crippen molar-refractivity contribution in [3.05, 3.63) is 47.3 Å². The zero-order chi connectivity index (χ0) is 16.4. The molecule has 1 aliphatic carbocycles. The molecule has 1 heterocycles. The third-order valence-corrected chi connectivity index (χ3v) is 4.98. The van der Waals surface area contributed by atoms with Crippen molar-refractivity contribution in [3.8, 4) is 6.07 Å². The van der Waals surface area contributed by atoms with E-state index in [0.717, 1.165) is 24.2 Å². The van der Waals surface area contributed by atoms with Gasteiger partial charge in [-0.3, -0.25) is 0 Å². The van der Waals surface area contributed by atoms with E-state index in [1.54, 1.807) is 6.07 Å². The molecule has 0 radical (unpaired) electrons. The minimum Gasteiger partial charge on any atom is -0.247 e. The fourth-order valence-corrected chi connectivity index (χ4v) is 3.23. The van der Waals surface area contributed by atoms with Gasteiger partial charge in [-0.15, -0.1) is 0 Å². The molecule has 6 nitrogen and oxygen atoms in total. The molecular weight excluding hydrogens is 312 g/mol. The van der Waals surface area contributed by atoms with E-state index in [1.807, 2.05) is 19.1 Å². The van der Waals surface area contributed by atoms with E-state index in [1.165, 1.54) is 18.2 Å². The molecule has 0 atom stereocenters. The second kappa shape index (κ2) is 5.97. The molecule has 1 aromatic carbocycles. The summed E-state index contributed by atoms with van der Waals surface area (Å²) in [5.74, 6) is 0.502. The lowest BCUT2D eigenvalue weighted by atomic mass is 10.2. The van der Waals surface area contributed by atoms with Crippen molar-refractivity contribution < 1.29 is 8.42 Å². The number of nitriles is 1. The summed E-state index contributed by atoms with van der Waals surface area (Å²) in [6.45, 7) is 1.97. The number of nitrogens with zero attached hydrogens (tertiary/aromatic N) is 3. The van der Waals surface area contributed by atoms with Crippen LogP contribution in [0.5, 0.6) is 0 Å². The van der Waals surface area contributed by atoms with Crippen LogP contribution in [-0.4, -0.2) is 18.4 Å². The number of anilines is 1. The summed E-state index contributed by atoms with van der Waals surface area (Å²) in [6.07, 6.45) is 2.87. The van der Waals surface area contributed by atoms with Crippen LogP contribution in [0.1, 0.15) is 42.6 Å². The fraction of sp³-hybridized carbons (Fsp3) is 0.312. The molecule has 23 heavy (non-hydrogen) atoms. The number of aryl methyl sites for hydroxylation is 1. The molecule has 1 N–H and O–H groups in total. The Balaban J connectivity index is 1.93. The van der Waals surface area contributed by atoms with Gasteiger partial charge in [-0.2, -0.15) is 5.26 Å². The second-order valence-corrected chi connectivity index (χ2v) is 7.16. The largest absolute Gasteiger partial charge is 0.264 e. The van der Waals surface area contributed by atoms with Crippen LogP contribution in [0.4, 0.5) is 5.95 Å². The molecule has 0 bridgehead atoms. The lowest BCUT2D eigenvalue weighted by Crippen LogP contribution is -2.16. The normalized spacial score (nSPS) is 14.3. The Hall–Kier alpha value is -2.46. The summed E-state index contributed by atoms with van der Waals surface area (Å²) < 4.78 is 27.4. The number of hydrogen-bond donors (Lipinski definition) is 1. The maximum atomic E-state index is 12.5. The van der Waals surface area contributed by atoms with Gasteiger partial charge in [0.2, 0.25) is 5.95 Å². The summed E-state index contributed by atoms with van der Waals surface area (Å²) >= 11 is 0. The summed E-state index contributed by atoms with van der Waals surface area (Å²) in [5, 5.41) is 8.90. The fourth-order valence-electron chi connectivity index (χ4n) is 2.25. The predicted octanol–water partition coefficient (Wildman–Crippen LogP) is 2.59. The first kappa shape index (κ1) is 15.4. The summed E-state index contributed by atoms with van der Waals surface area (Å²) in [4.78, 5) is 8.60. The summed E-state index contributed by atoms with van der Waals surface area (Å²) in [7, 11) is -3.82. The van der Waals surface area contributed by atoms with E-state index in [0.29, 0.717) is 12.3 Å². The number of sulfonamides is 1. The molecule has 0 spiro atoms. The Morgan fingerprint density at radius 2 is 2.09 bits per heavy atom. The van der Waals surface area contributed by atoms with Crippen molar-refractivity contribution in [3.63, 3.8) is 0 Å². The van der Waals surface area contributed by atoms with E-state index >= 15 is 0 Å². The van der Waals surface area contributed by atoms with Gasteiger partial charge in [-0.25, -0.2) is 23.1 Å². The van der Waals surface area contributed by atoms with E-state index in [-0.39, 0.29) is 16.4 Å². The standard InChI is InChI=1S/C16H16N4O2S/c1-2-13-9-15(12-6-7-12)19-16(18-13)20-23(21,22)14-5-3-4-11(8-14)10-17/h3-5,8-9,12H,2,6-7H2,1H3,(H,18,19,20). The Morgan fingerprint density at radius 1 is 1.30 bits per heavy atom. The molecule has 0 saturated heterocycles. The van der Waals surface area contributed by atoms with Crippen LogP contribution in [0.15, 0.2) is 35.2 Å². The topological polar surface area (TPSA) is 95.7 Å². The quantitative estimate of drug-likeness (QED) is 0.910. The predicted molar refractivity (Wildman–Crippen MR) is 85.4 cm³/mol. The van der Waals surface area contributed by atoms with Crippen LogP contribution in [0.3, 0.4) is 0 Å². The molecule has 7 heteroatoms. The lowest BCUT2D eigenvalue weighted by molar-refractivity contribution is 0.600. The van der Waals surface area contributed by atoms with Crippen molar-refractivity contribution in [1.29, 1.82) is 5.26 Å². The number of rotatable bonds is 5. The Kier molecular flexibility index (Phi) is 4.01. The highest BCUT2D eigenvalue weighted by Crippen LogP contribution is 2.39. The van der Waals surface area contributed by atoms with Crippen LogP contribution < -0.4 is 4.72 Å². The maximum Gasteiger partial charge on any atom is 0.264 e. The van der Waals surface area contributed by atoms with Crippen molar-refractivity contribution >= 4 is 16.0 Å². The molecule has 1 aromatic heterocycles. The first-order valence-corrected chi connectivity index (χ1v) is 8.91. The average Bonchev–Trinajstić information content (AvgIpc) is 3.39. The van der Waals surface area contributed by atoms with Crippen LogP contribution >= 0.6 is 0 Å². The minimum absolute atomic E-state index is 0.0232. The van der Waals surface area contributed by atoms with Crippen LogP contribution in [0, 0.1) is 11.3 Å². The Bertz CT molecular complexity index is 883. The molecular formula is C16H16N4O2S. The van der Waals surface area contributed by atoms with Crippen LogP contribution in [0.2, 0.25) is 0 Å². The SMILES string of the molecule is CCc1cc(C2CC2)nc(NS(=O)(=O)c2cccc(C#N)c2)n1. The van der Waals surface area contributed by atoms with Gasteiger partial charge < -0.3 is 0 Å². The first-order valence-electron chi connectivity index (χ1n) is 7.42. The molecule has 2 aromatic rings. The zero-order valence-corrected chi connectivity index (χ0v) is 13.5. The summed E-state index contributed by atoms with van der Waals surface area (Å²) in [6, 6.07) is 9.72. The Morgan fingerprint density at radius 3 is 2.74 bits per heavy atom. The molecule has 1 aliphatic rings. The first-order chi connectivity index (χ1) is 11.0. The average molecular weight is 328 g/mol. The van der Waals surface area contributed by atoms with E-state index < -0.39 is 10.0 Å². The molecule has 0 amide bonds. The van der Waals surface area contributed by atoms with Gasteiger partial charge in [0, 0.05) is 17.3 Å². The van der Waals surface area contributed by atoms with Crippen molar-refractivity contribution in [2.45, 2.75) is 37.0 Å². The highest BCUT2D eigenvalue weighted by molar-refractivity contribution is 7.92. The van der Waals surface area contributed by atoms with E-state index in [9.17, 15) is 8.42 Å². The smallest absolute Gasteiger partial charge is 0.247 e. The van der Waals surface area contributed by atoms with Gasteiger partial charge in [0.1, 0.15) is 0 Å². The highest BCUT2D eigenvalue weighted by atomic mass is 32.2. The van der Waals surface area contributed by atoms with Crippen LogP contribution in [-0.2, 0) is 16.4 Å². The minimum atomic E-state index is -3.82. The van der Waals surface area contributed by atoms with Crippen LogP contribution in [0.25, 0.3) is 0 Å². The van der Waals surface area contributed by atoms with Crippen molar-refractivity contribution in [2.24, 2.45) is 0 Å². The molecule has 0 aliphatic heterocycles. The molecule has 1 fully saturated rings. The monoisotopic (exact) mass is 328 g/mol. The van der Waals surface area contributed by atoms with E-state index in [4.69, 9.17) is 5.26 Å². The molecule has 3 rings (SSSR count). The maximum absolute atomic E-state index is 12.5. The van der Waals surface area contributed by atoms with Crippen molar-refractivity contribution in [2.75, 3.05) is 4.72 Å². The molecule has 1 saturated carbocycles. The van der Waals surface area contributed by atoms with E-state index in [2.05, 4.69) is 14.7 Å². The van der Waals surface area contributed by atoms with Crippen molar-refractivity contribution in [1.82, 2.24) is 9.97 Å². The zero-order valence-electron chi connectivity index (χ0n) is 12.7. The lowest BCUT2D eigenvalue weighted by Gasteiger charge is -2.09.